The summed E-state index contributed by atoms with van der Waals surface area (Å²) in [5.41, 5.74) is 4.33. The van der Waals surface area contributed by atoms with Crippen LogP contribution in [0.4, 0.5) is 0 Å². The first-order chi connectivity index (χ1) is 23.3. The van der Waals surface area contributed by atoms with Crippen LogP contribution in [0.15, 0.2) is 121 Å². The van der Waals surface area contributed by atoms with E-state index in [2.05, 4.69) is 60.7 Å². The molecule has 4 atom stereocenters. The molecule has 4 aromatic carbocycles. The lowest BCUT2D eigenvalue weighted by Crippen LogP contribution is -2.55. The van der Waals surface area contributed by atoms with Gasteiger partial charge in [-0.3, -0.25) is 0 Å². The van der Waals surface area contributed by atoms with Crippen LogP contribution < -0.4 is 0 Å². The Morgan fingerprint density at radius 1 is 0.489 bits per heavy atom. The molecule has 2 saturated heterocycles. The summed E-state index contributed by atoms with van der Waals surface area (Å²) in [5, 5.41) is 0. The molecule has 0 amide bonds. The second kappa shape index (κ2) is 18.8. The lowest BCUT2D eigenvalue weighted by Gasteiger charge is -2.41. The van der Waals surface area contributed by atoms with Crippen LogP contribution in [0.3, 0.4) is 0 Å². The Morgan fingerprint density at radius 3 is 1.28 bits per heavy atom. The molecule has 0 saturated carbocycles. The highest BCUT2D eigenvalue weighted by atomic mass is 32.2. The molecule has 4 aromatic rings. The fourth-order valence-electron chi connectivity index (χ4n) is 5.74. The number of thioether (sulfide) groups is 2. The molecule has 47 heavy (non-hydrogen) atoms. The summed E-state index contributed by atoms with van der Waals surface area (Å²) in [6.45, 7) is 2.63. The van der Waals surface area contributed by atoms with E-state index in [1.165, 1.54) is 6.42 Å². The fraction of sp³-hybridized carbons (Fsp3) is 0.385. The van der Waals surface area contributed by atoms with Crippen molar-refractivity contribution in [1.82, 2.24) is 0 Å². The van der Waals surface area contributed by atoms with Gasteiger partial charge < -0.3 is 28.4 Å². The molecule has 0 aliphatic carbocycles. The lowest BCUT2D eigenvalue weighted by molar-refractivity contribution is -0.236. The molecule has 8 heteroatoms. The van der Waals surface area contributed by atoms with Gasteiger partial charge in [-0.05, 0) is 40.2 Å². The molecule has 2 heterocycles. The minimum atomic E-state index is -0.608. The molecule has 0 unspecified atom stereocenters. The molecule has 0 radical (unpaired) electrons. The normalized spacial score (nSPS) is 18.5. The van der Waals surface area contributed by atoms with Crippen LogP contribution in [0.2, 0.25) is 0 Å². The number of rotatable bonds is 17. The molecule has 6 rings (SSSR count). The molecule has 0 bridgehead atoms. The van der Waals surface area contributed by atoms with Crippen LogP contribution in [-0.4, -0.2) is 60.0 Å². The zero-order valence-corrected chi connectivity index (χ0v) is 28.3. The van der Waals surface area contributed by atoms with Crippen LogP contribution in [0.25, 0.3) is 0 Å². The lowest BCUT2D eigenvalue weighted by atomic mass is 10.0. The Balaban J connectivity index is 1.37. The molecule has 0 spiro atoms. The predicted octanol–water partition coefficient (Wildman–Crippen LogP) is 7.90. The summed E-state index contributed by atoms with van der Waals surface area (Å²) in [6.07, 6.45) is -1.40. The molecule has 2 aliphatic rings. The second-order valence-electron chi connectivity index (χ2n) is 11.6. The van der Waals surface area contributed by atoms with E-state index in [0.717, 1.165) is 33.8 Å². The van der Waals surface area contributed by atoms with Gasteiger partial charge in [0.2, 0.25) is 0 Å². The Kier molecular flexibility index (Phi) is 13.7. The third kappa shape index (κ3) is 10.4. The highest BCUT2D eigenvalue weighted by molar-refractivity contribution is 8.17. The SMILES string of the molecule is c1ccc(CO[C@H]([C@H](OCc2ccccc2)[C@H](OCc2ccccc2)C2OCCO2)[C@H](OCc2ccccc2)C2SCCCS2)cc1. The van der Waals surface area contributed by atoms with Crippen molar-refractivity contribution in [2.45, 2.75) is 68.1 Å². The van der Waals surface area contributed by atoms with Crippen LogP contribution >= 0.6 is 23.5 Å². The molecule has 248 valence electrons. The van der Waals surface area contributed by atoms with Crippen LogP contribution in [-0.2, 0) is 54.8 Å². The Hall–Kier alpha value is -2.66. The minimum Gasteiger partial charge on any atom is -0.369 e. The third-order valence-electron chi connectivity index (χ3n) is 8.15. The fourth-order valence-corrected chi connectivity index (χ4v) is 8.82. The average molecular weight is 673 g/mol. The summed E-state index contributed by atoms with van der Waals surface area (Å²) >= 11 is 3.88. The van der Waals surface area contributed by atoms with Gasteiger partial charge in [0, 0.05) is 0 Å². The van der Waals surface area contributed by atoms with Crippen molar-refractivity contribution in [2.75, 3.05) is 24.7 Å². The van der Waals surface area contributed by atoms with Crippen molar-refractivity contribution in [2.24, 2.45) is 0 Å². The van der Waals surface area contributed by atoms with Gasteiger partial charge in [-0.2, -0.15) is 0 Å². The van der Waals surface area contributed by atoms with Gasteiger partial charge in [0.25, 0.3) is 0 Å². The smallest absolute Gasteiger partial charge is 0.186 e. The zero-order valence-electron chi connectivity index (χ0n) is 26.6. The highest BCUT2D eigenvalue weighted by Gasteiger charge is 2.46. The summed E-state index contributed by atoms with van der Waals surface area (Å²) in [6, 6.07) is 41.1. The first kappa shape index (κ1) is 34.2. The van der Waals surface area contributed by atoms with Crippen molar-refractivity contribution < 1.29 is 28.4 Å². The maximum atomic E-state index is 7.01. The molecule has 2 aliphatic heterocycles. The highest BCUT2D eigenvalue weighted by Crippen LogP contribution is 2.39. The number of benzene rings is 4. The number of hydrogen-bond donors (Lipinski definition) is 0. The van der Waals surface area contributed by atoms with E-state index >= 15 is 0 Å². The van der Waals surface area contributed by atoms with Gasteiger partial charge in [0.05, 0.1) is 44.2 Å². The number of ether oxygens (including phenoxy) is 6. The van der Waals surface area contributed by atoms with Gasteiger partial charge in [-0.1, -0.05) is 121 Å². The summed E-state index contributed by atoms with van der Waals surface area (Å²) < 4.78 is 40.2. The molecular weight excluding hydrogens is 629 g/mol. The molecule has 6 nitrogen and oxygen atoms in total. The zero-order chi connectivity index (χ0) is 31.9. The topological polar surface area (TPSA) is 55.4 Å². The first-order valence-electron chi connectivity index (χ1n) is 16.4. The Bertz CT molecular complexity index is 1400. The third-order valence-corrected chi connectivity index (χ3v) is 11.2. The van der Waals surface area contributed by atoms with Gasteiger partial charge in [0.15, 0.2) is 6.29 Å². The summed E-state index contributed by atoms with van der Waals surface area (Å²) in [7, 11) is 0. The van der Waals surface area contributed by atoms with Crippen molar-refractivity contribution in [3.63, 3.8) is 0 Å². The number of hydrogen-bond acceptors (Lipinski definition) is 8. The van der Waals surface area contributed by atoms with E-state index in [1.807, 2.05) is 84.2 Å². The first-order valence-corrected chi connectivity index (χ1v) is 18.5. The van der Waals surface area contributed by atoms with Crippen molar-refractivity contribution in [3.8, 4) is 0 Å². The Labute approximate surface area is 287 Å². The quantitative estimate of drug-likeness (QED) is 0.112. The van der Waals surface area contributed by atoms with Crippen molar-refractivity contribution in [1.29, 1.82) is 0 Å². The van der Waals surface area contributed by atoms with E-state index < -0.39 is 24.6 Å². The predicted molar refractivity (Wildman–Crippen MR) is 189 cm³/mol. The van der Waals surface area contributed by atoms with Crippen molar-refractivity contribution >= 4 is 23.5 Å². The molecule has 2 fully saturated rings. The van der Waals surface area contributed by atoms with E-state index in [1.54, 1.807) is 0 Å². The maximum absolute atomic E-state index is 7.01. The van der Waals surface area contributed by atoms with E-state index in [9.17, 15) is 0 Å². The van der Waals surface area contributed by atoms with Gasteiger partial charge in [0.1, 0.15) is 24.4 Å². The molecular formula is C39H44O6S2. The maximum Gasteiger partial charge on any atom is 0.186 e. The van der Waals surface area contributed by atoms with Gasteiger partial charge >= 0.3 is 0 Å². The second-order valence-corrected chi connectivity index (χ2v) is 14.4. The van der Waals surface area contributed by atoms with Gasteiger partial charge in [-0.15, -0.1) is 23.5 Å². The van der Waals surface area contributed by atoms with E-state index in [0.29, 0.717) is 39.6 Å². The molecule has 0 aromatic heterocycles. The summed E-state index contributed by atoms with van der Waals surface area (Å²) in [5.74, 6) is 2.15. The Morgan fingerprint density at radius 2 is 0.851 bits per heavy atom. The minimum absolute atomic E-state index is 0.149. The van der Waals surface area contributed by atoms with Gasteiger partial charge in [-0.25, -0.2) is 0 Å². The molecule has 0 N–H and O–H groups in total. The van der Waals surface area contributed by atoms with Crippen LogP contribution in [0, 0.1) is 0 Å². The standard InChI is InChI=1S/C39H44O6S2/c1-5-14-30(15-6-1)26-42-34(36(38-40-22-23-41-38)44-28-32-18-9-3-10-19-32)35(43-27-31-16-7-2-8-17-31)37(39-46-24-13-25-47-39)45-29-33-20-11-4-12-21-33/h1-12,14-21,34-39H,13,22-29H2/t34-,35+,36-,37-/m0/s1. The largest absolute Gasteiger partial charge is 0.369 e. The summed E-state index contributed by atoms with van der Waals surface area (Å²) in [4.78, 5) is 0. The average Bonchev–Trinajstić information content (AvgIpc) is 3.68. The monoisotopic (exact) mass is 672 g/mol. The van der Waals surface area contributed by atoms with Crippen molar-refractivity contribution in [3.05, 3.63) is 144 Å². The van der Waals surface area contributed by atoms with Crippen LogP contribution in [0.1, 0.15) is 28.7 Å². The van der Waals surface area contributed by atoms with E-state index in [-0.39, 0.29) is 10.7 Å². The van der Waals surface area contributed by atoms with E-state index in [4.69, 9.17) is 28.4 Å². The van der Waals surface area contributed by atoms with Crippen LogP contribution in [0.5, 0.6) is 0 Å².